The second-order valence-corrected chi connectivity index (χ2v) is 8.89. The molecule has 0 atom stereocenters. The van der Waals surface area contributed by atoms with E-state index in [2.05, 4.69) is 50.6 Å². The van der Waals surface area contributed by atoms with Gasteiger partial charge in [0.15, 0.2) is 10.3 Å². The highest BCUT2D eigenvalue weighted by Crippen LogP contribution is 2.46. The molecule has 0 aliphatic heterocycles. The first kappa shape index (κ1) is 16.3. The molecule has 2 saturated carbocycles. The van der Waals surface area contributed by atoms with Crippen LogP contribution in [0.15, 0.2) is 34.8 Å². The van der Waals surface area contributed by atoms with Crippen LogP contribution < -0.4 is 5.32 Å². The van der Waals surface area contributed by atoms with E-state index in [-0.39, 0.29) is 0 Å². The van der Waals surface area contributed by atoms with Crippen molar-refractivity contribution in [2.24, 2.45) is 0 Å². The second-order valence-electron chi connectivity index (χ2n) is 7.09. The third-order valence-electron chi connectivity index (χ3n) is 4.83. The number of hydrogen-bond donors (Lipinski definition) is 1. The highest BCUT2D eigenvalue weighted by Gasteiger charge is 2.36. The SMILES string of the molecule is Cc1ccccc1Nc1nc(CSc2nnc(C3CC3)n2C2CC2)cs1. The lowest BCUT2D eigenvalue weighted by Crippen LogP contribution is -2.02. The van der Waals surface area contributed by atoms with E-state index in [4.69, 9.17) is 4.98 Å². The Bertz CT molecular complexity index is 924. The highest BCUT2D eigenvalue weighted by atomic mass is 32.2. The standard InChI is InChI=1S/C19H21N5S2/c1-12-4-2-3-5-16(12)21-18-20-14(10-25-18)11-26-19-23-22-17(13-6-7-13)24(19)15-8-9-15/h2-5,10,13,15H,6-9,11H2,1H3,(H,20,21). The van der Waals surface area contributed by atoms with Crippen LogP contribution in [0.4, 0.5) is 10.8 Å². The average Bonchev–Trinajstić information content (AvgIpc) is 3.58. The zero-order valence-electron chi connectivity index (χ0n) is 14.7. The summed E-state index contributed by atoms with van der Waals surface area (Å²) >= 11 is 3.42. The minimum atomic E-state index is 0.636. The topological polar surface area (TPSA) is 55.6 Å². The number of aromatic nitrogens is 4. The molecule has 0 bridgehead atoms. The Morgan fingerprint density at radius 1 is 1.19 bits per heavy atom. The minimum Gasteiger partial charge on any atom is -0.331 e. The monoisotopic (exact) mass is 383 g/mol. The first-order valence-corrected chi connectivity index (χ1v) is 11.0. The molecule has 2 aliphatic carbocycles. The fourth-order valence-corrected chi connectivity index (χ4v) is 4.81. The van der Waals surface area contributed by atoms with E-state index < -0.39 is 0 Å². The Labute approximate surface area is 161 Å². The van der Waals surface area contributed by atoms with Gasteiger partial charge in [0.1, 0.15) is 5.82 Å². The number of hydrogen-bond acceptors (Lipinski definition) is 6. The third kappa shape index (κ3) is 3.38. The summed E-state index contributed by atoms with van der Waals surface area (Å²) in [5.41, 5.74) is 3.43. The number of thiazole rings is 1. The van der Waals surface area contributed by atoms with Crippen LogP contribution in [0.25, 0.3) is 0 Å². The summed E-state index contributed by atoms with van der Waals surface area (Å²) in [5, 5.41) is 16.5. The number of nitrogens with zero attached hydrogens (tertiary/aromatic N) is 4. The van der Waals surface area contributed by atoms with Crippen molar-refractivity contribution in [2.45, 2.75) is 55.5 Å². The summed E-state index contributed by atoms with van der Waals surface area (Å²) in [6, 6.07) is 8.92. The molecule has 0 unspecified atom stereocenters. The highest BCUT2D eigenvalue weighted by molar-refractivity contribution is 7.98. The largest absolute Gasteiger partial charge is 0.331 e. The Hall–Kier alpha value is -1.86. The predicted molar refractivity (Wildman–Crippen MR) is 106 cm³/mol. The third-order valence-corrected chi connectivity index (χ3v) is 6.62. The Morgan fingerprint density at radius 2 is 2.04 bits per heavy atom. The Balaban J connectivity index is 1.27. The van der Waals surface area contributed by atoms with E-state index in [1.807, 2.05) is 6.07 Å². The van der Waals surface area contributed by atoms with E-state index in [1.54, 1.807) is 23.1 Å². The van der Waals surface area contributed by atoms with Crippen LogP contribution in [0.3, 0.4) is 0 Å². The van der Waals surface area contributed by atoms with Gasteiger partial charge in [-0.05, 0) is 44.2 Å². The molecule has 7 heteroatoms. The predicted octanol–water partition coefficient (Wildman–Crippen LogP) is 5.29. The van der Waals surface area contributed by atoms with Crippen molar-refractivity contribution in [1.82, 2.24) is 19.7 Å². The Morgan fingerprint density at radius 3 is 2.81 bits per heavy atom. The number of para-hydroxylation sites is 1. The molecule has 1 aromatic carbocycles. The van der Waals surface area contributed by atoms with Crippen molar-refractivity contribution in [2.75, 3.05) is 5.32 Å². The quantitative estimate of drug-likeness (QED) is 0.562. The van der Waals surface area contributed by atoms with E-state index in [0.29, 0.717) is 12.0 Å². The van der Waals surface area contributed by atoms with E-state index in [0.717, 1.165) is 27.4 Å². The normalized spacial score (nSPS) is 16.8. The summed E-state index contributed by atoms with van der Waals surface area (Å²) in [4.78, 5) is 4.74. The van der Waals surface area contributed by atoms with Crippen molar-refractivity contribution in [3.63, 3.8) is 0 Å². The zero-order valence-corrected chi connectivity index (χ0v) is 16.3. The van der Waals surface area contributed by atoms with Crippen LogP contribution in [-0.2, 0) is 5.75 Å². The van der Waals surface area contributed by atoms with Gasteiger partial charge in [-0.2, -0.15) is 0 Å². The summed E-state index contributed by atoms with van der Waals surface area (Å²) in [5.74, 6) is 2.71. The molecule has 2 fully saturated rings. The molecule has 2 aromatic heterocycles. The van der Waals surface area contributed by atoms with Gasteiger partial charge in [-0.3, -0.25) is 0 Å². The molecule has 1 N–H and O–H groups in total. The van der Waals surface area contributed by atoms with Gasteiger partial charge < -0.3 is 9.88 Å². The molecule has 0 spiro atoms. The first-order valence-electron chi connectivity index (χ1n) is 9.12. The van der Waals surface area contributed by atoms with Crippen LogP contribution in [0, 0.1) is 6.92 Å². The van der Waals surface area contributed by atoms with Gasteiger partial charge in [-0.1, -0.05) is 30.0 Å². The molecule has 5 nitrogen and oxygen atoms in total. The molecule has 0 radical (unpaired) electrons. The van der Waals surface area contributed by atoms with Gasteiger partial charge >= 0.3 is 0 Å². The molecule has 5 rings (SSSR count). The Kier molecular flexibility index (Phi) is 4.21. The number of anilines is 2. The maximum absolute atomic E-state index is 4.74. The average molecular weight is 384 g/mol. The lowest BCUT2D eigenvalue weighted by atomic mass is 10.2. The number of aryl methyl sites for hydroxylation is 1. The lowest BCUT2D eigenvalue weighted by Gasteiger charge is -2.07. The summed E-state index contributed by atoms with van der Waals surface area (Å²) in [7, 11) is 0. The van der Waals surface area contributed by atoms with Crippen molar-refractivity contribution >= 4 is 33.9 Å². The molecular weight excluding hydrogens is 362 g/mol. The number of rotatable bonds is 7. The zero-order chi connectivity index (χ0) is 17.5. The molecule has 0 saturated heterocycles. The van der Waals surface area contributed by atoms with E-state index >= 15 is 0 Å². The molecular formula is C19H21N5S2. The van der Waals surface area contributed by atoms with Crippen LogP contribution >= 0.6 is 23.1 Å². The molecule has 134 valence electrons. The number of nitrogens with one attached hydrogen (secondary N) is 1. The summed E-state index contributed by atoms with van der Waals surface area (Å²) in [6.45, 7) is 2.11. The summed E-state index contributed by atoms with van der Waals surface area (Å²) in [6.07, 6.45) is 5.09. The number of thioether (sulfide) groups is 1. The van der Waals surface area contributed by atoms with Crippen LogP contribution in [0.5, 0.6) is 0 Å². The molecule has 2 aliphatic rings. The van der Waals surface area contributed by atoms with Crippen molar-refractivity contribution in [3.05, 3.63) is 46.7 Å². The molecule has 0 amide bonds. The maximum atomic E-state index is 4.74. The van der Waals surface area contributed by atoms with E-state index in [9.17, 15) is 0 Å². The summed E-state index contributed by atoms with van der Waals surface area (Å²) < 4.78 is 2.40. The smallest absolute Gasteiger partial charge is 0.191 e. The van der Waals surface area contributed by atoms with Gasteiger partial charge in [0.05, 0.1) is 5.69 Å². The van der Waals surface area contributed by atoms with Gasteiger partial charge in [0.25, 0.3) is 0 Å². The number of benzene rings is 1. The van der Waals surface area contributed by atoms with Gasteiger partial charge in [0.2, 0.25) is 0 Å². The molecule has 2 heterocycles. The van der Waals surface area contributed by atoms with Gasteiger partial charge in [0, 0.05) is 28.8 Å². The first-order chi connectivity index (χ1) is 12.8. The van der Waals surface area contributed by atoms with Crippen molar-refractivity contribution in [3.8, 4) is 0 Å². The van der Waals surface area contributed by atoms with Gasteiger partial charge in [-0.25, -0.2) is 4.98 Å². The fourth-order valence-electron chi connectivity index (χ4n) is 3.08. The van der Waals surface area contributed by atoms with Crippen molar-refractivity contribution < 1.29 is 0 Å². The second kappa shape index (κ2) is 6.70. The van der Waals surface area contributed by atoms with Crippen LogP contribution in [-0.4, -0.2) is 19.7 Å². The molecule has 26 heavy (non-hydrogen) atoms. The van der Waals surface area contributed by atoms with Crippen LogP contribution in [0.2, 0.25) is 0 Å². The van der Waals surface area contributed by atoms with Crippen LogP contribution in [0.1, 0.15) is 54.7 Å². The minimum absolute atomic E-state index is 0.636. The fraction of sp³-hybridized carbons (Fsp3) is 0.421. The maximum Gasteiger partial charge on any atom is 0.191 e. The molecule has 3 aromatic rings. The van der Waals surface area contributed by atoms with Crippen molar-refractivity contribution in [1.29, 1.82) is 0 Å². The van der Waals surface area contributed by atoms with E-state index in [1.165, 1.54) is 37.1 Å². The lowest BCUT2D eigenvalue weighted by molar-refractivity contribution is 0.627. The van der Waals surface area contributed by atoms with Gasteiger partial charge in [-0.15, -0.1) is 21.5 Å².